The molecule has 0 saturated heterocycles. The first-order chi connectivity index (χ1) is 11.4. The summed E-state index contributed by atoms with van der Waals surface area (Å²) in [4.78, 5) is 8.82. The van der Waals surface area contributed by atoms with Gasteiger partial charge in [-0.15, -0.1) is 0 Å². The van der Waals surface area contributed by atoms with Gasteiger partial charge in [-0.2, -0.15) is 0 Å². The number of benzene rings is 3. The Morgan fingerprint density at radius 3 is 2.00 bits per heavy atom. The fourth-order valence-electron chi connectivity index (χ4n) is 3.14. The first kappa shape index (κ1) is 12.4. The summed E-state index contributed by atoms with van der Waals surface area (Å²) in [6.45, 7) is 0. The standard InChI is InChI=1S/C20H12N2O/c1-3-7-16-14(5-1)15-6-2-4-8-17(15)19-18(16)22-20(23-19)13-9-11-21-12-10-13/h1-12H. The van der Waals surface area contributed by atoms with Gasteiger partial charge >= 0.3 is 0 Å². The molecule has 0 atom stereocenters. The van der Waals surface area contributed by atoms with Crippen molar-refractivity contribution in [1.29, 1.82) is 0 Å². The summed E-state index contributed by atoms with van der Waals surface area (Å²) in [5.74, 6) is 0.629. The molecule has 2 aromatic heterocycles. The van der Waals surface area contributed by atoms with Crippen molar-refractivity contribution >= 4 is 32.6 Å². The fourth-order valence-corrected chi connectivity index (χ4v) is 3.14. The van der Waals surface area contributed by atoms with E-state index in [9.17, 15) is 0 Å². The smallest absolute Gasteiger partial charge is 0.227 e. The molecule has 0 aliphatic carbocycles. The van der Waals surface area contributed by atoms with E-state index in [0.29, 0.717) is 5.89 Å². The molecule has 3 nitrogen and oxygen atoms in total. The van der Waals surface area contributed by atoms with Gasteiger partial charge in [-0.1, -0.05) is 48.5 Å². The van der Waals surface area contributed by atoms with Crippen LogP contribution >= 0.6 is 0 Å². The highest BCUT2D eigenvalue weighted by atomic mass is 16.3. The zero-order valence-electron chi connectivity index (χ0n) is 12.2. The molecule has 23 heavy (non-hydrogen) atoms. The van der Waals surface area contributed by atoms with Crippen LogP contribution in [0.25, 0.3) is 44.1 Å². The van der Waals surface area contributed by atoms with Crippen LogP contribution in [0.3, 0.4) is 0 Å². The van der Waals surface area contributed by atoms with Crippen molar-refractivity contribution in [2.24, 2.45) is 0 Å². The predicted octanol–water partition coefficient (Wildman–Crippen LogP) is 5.20. The van der Waals surface area contributed by atoms with E-state index in [0.717, 1.165) is 27.4 Å². The lowest BCUT2D eigenvalue weighted by Gasteiger charge is -2.04. The summed E-state index contributed by atoms with van der Waals surface area (Å²) in [6.07, 6.45) is 3.50. The Morgan fingerprint density at radius 2 is 1.26 bits per heavy atom. The van der Waals surface area contributed by atoms with Gasteiger partial charge in [-0.05, 0) is 22.9 Å². The van der Waals surface area contributed by atoms with Crippen LogP contribution in [0.4, 0.5) is 0 Å². The summed E-state index contributed by atoms with van der Waals surface area (Å²) >= 11 is 0. The normalized spacial score (nSPS) is 11.5. The molecule has 0 bridgehead atoms. The van der Waals surface area contributed by atoms with E-state index in [4.69, 9.17) is 9.40 Å². The molecule has 0 saturated carbocycles. The van der Waals surface area contributed by atoms with Crippen molar-refractivity contribution in [2.45, 2.75) is 0 Å². The molecule has 0 amide bonds. The van der Waals surface area contributed by atoms with Crippen molar-refractivity contribution in [3.63, 3.8) is 0 Å². The number of pyridine rings is 1. The van der Waals surface area contributed by atoms with Gasteiger partial charge in [0.2, 0.25) is 5.89 Å². The Balaban J connectivity index is 1.99. The first-order valence-electron chi connectivity index (χ1n) is 7.52. The van der Waals surface area contributed by atoms with Gasteiger partial charge in [-0.25, -0.2) is 4.98 Å². The second kappa shape index (κ2) is 4.65. The summed E-state index contributed by atoms with van der Waals surface area (Å²) in [6, 6.07) is 20.5. The average Bonchev–Trinajstić information content (AvgIpc) is 3.09. The lowest BCUT2D eigenvalue weighted by molar-refractivity contribution is 0.623. The van der Waals surface area contributed by atoms with Crippen LogP contribution in [0.15, 0.2) is 77.5 Å². The largest absolute Gasteiger partial charge is 0.435 e. The summed E-state index contributed by atoms with van der Waals surface area (Å²) in [7, 11) is 0. The Labute approximate surface area is 132 Å². The molecular formula is C20H12N2O. The fraction of sp³-hybridized carbons (Fsp3) is 0. The van der Waals surface area contributed by atoms with Gasteiger partial charge in [-0.3, -0.25) is 4.98 Å². The van der Waals surface area contributed by atoms with Gasteiger partial charge in [0.05, 0.1) is 0 Å². The maximum absolute atomic E-state index is 6.14. The van der Waals surface area contributed by atoms with Gasteiger partial charge in [0.1, 0.15) is 5.52 Å². The minimum Gasteiger partial charge on any atom is -0.435 e. The molecule has 2 heterocycles. The number of hydrogen-bond acceptors (Lipinski definition) is 3. The monoisotopic (exact) mass is 296 g/mol. The highest BCUT2D eigenvalue weighted by Crippen LogP contribution is 2.36. The molecule has 0 N–H and O–H groups in total. The van der Waals surface area contributed by atoms with E-state index in [2.05, 4.69) is 41.4 Å². The van der Waals surface area contributed by atoms with Gasteiger partial charge in [0.15, 0.2) is 5.58 Å². The number of oxazole rings is 1. The Morgan fingerprint density at radius 1 is 0.652 bits per heavy atom. The molecule has 5 aromatic rings. The topological polar surface area (TPSA) is 38.9 Å². The quantitative estimate of drug-likeness (QED) is 0.399. The second-order valence-corrected chi connectivity index (χ2v) is 5.52. The van der Waals surface area contributed by atoms with E-state index in [-0.39, 0.29) is 0 Å². The zero-order chi connectivity index (χ0) is 15.2. The van der Waals surface area contributed by atoms with E-state index < -0.39 is 0 Å². The second-order valence-electron chi connectivity index (χ2n) is 5.52. The van der Waals surface area contributed by atoms with Gasteiger partial charge in [0.25, 0.3) is 0 Å². The molecule has 108 valence electrons. The average molecular weight is 296 g/mol. The maximum atomic E-state index is 6.14. The van der Waals surface area contributed by atoms with Crippen molar-refractivity contribution in [1.82, 2.24) is 9.97 Å². The Kier molecular flexibility index (Phi) is 2.50. The van der Waals surface area contributed by atoms with E-state index in [1.807, 2.05) is 24.3 Å². The number of fused-ring (bicyclic) bond motifs is 6. The van der Waals surface area contributed by atoms with Crippen LogP contribution in [0.5, 0.6) is 0 Å². The van der Waals surface area contributed by atoms with Crippen LogP contribution in [0.2, 0.25) is 0 Å². The molecular weight excluding hydrogens is 284 g/mol. The molecule has 0 aliphatic rings. The van der Waals surface area contributed by atoms with Crippen LogP contribution in [-0.4, -0.2) is 9.97 Å². The van der Waals surface area contributed by atoms with Gasteiger partial charge < -0.3 is 4.42 Å². The predicted molar refractivity (Wildman–Crippen MR) is 92.3 cm³/mol. The third-order valence-electron chi connectivity index (χ3n) is 4.20. The first-order valence-corrected chi connectivity index (χ1v) is 7.52. The summed E-state index contributed by atoms with van der Waals surface area (Å²) < 4.78 is 6.14. The third kappa shape index (κ3) is 1.77. The van der Waals surface area contributed by atoms with Crippen molar-refractivity contribution in [3.05, 3.63) is 73.1 Å². The SMILES string of the molecule is c1ccc2c(c1)c1ccccc1c1oc(-c3ccncc3)nc21. The molecule has 5 rings (SSSR count). The van der Waals surface area contributed by atoms with E-state index in [1.54, 1.807) is 12.4 Å². The van der Waals surface area contributed by atoms with Gasteiger partial charge in [0, 0.05) is 28.7 Å². The zero-order valence-corrected chi connectivity index (χ0v) is 12.2. The lowest BCUT2D eigenvalue weighted by Crippen LogP contribution is -1.80. The van der Waals surface area contributed by atoms with Crippen LogP contribution in [-0.2, 0) is 0 Å². The molecule has 3 aromatic carbocycles. The highest BCUT2D eigenvalue weighted by molar-refractivity contribution is 6.22. The lowest BCUT2D eigenvalue weighted by atomic mass is 10.0. The maximum Gasteiger partial charge on any atom is 0.227 e. The number of aromatic nitrogens is 2. The third-order valence-corrected chi connectivity index (χ3v) is 4.20. The minimum atomic E-state index is 0.629. The molecule has 0 fully saturated rings. The molecule has 0 unspecified atom stereocenters. The number of hydrogen-bond donors (Lipinski definition) is 0. The number of nitrogens with zero attached hydrogens (tertiary/aromatic N) is 2. The molecule has 3 heteroatoms. The van der Waals surface area contributed by atoms with Crippen molar-refractivity contribution in [2.75, 3.05) is 0 Å². The van der Waals surface area contributed by atoms with Crippen molar-refractivity contribution < 1.29 is 4.42 Å². The van der Waals surface area contributed by atoms with Crippen LogP contribution in [0, 0.1) is 0 Å². The van der Waals surface area contributed by atoms with E-state index >= 15 is 0 Å². The highest BCUT2D eigenvalue weighted by Gasteiger charge is 2.15. The Hall–Kier alpha value is -3.20. The van der Waals surface area contributed by atoms with Crippen LogP contribution in [0.1, 0.15) is 0 Å². The summed E-state index contributed by atoms with van der Waals surface area (Å²) in [5, 5.41) is 4.59. The Bertz CT molecular complexity index is 1090. The summed E-state index contributed by atoms with van der Waals surface area (Å²) in [5.41, 5.74) is 2.68. The molecule has 0 aliphatic heterocycles. The number of rotatable bonds is 1. The van der Waals surface area contributed by atoms with Crippen molar-refractivity contribution in [3.8, 4) is 11.5 Å². The molecule has 0 spiro atoms. The minimum absolute atomic E-state index is 0.629. The molecule has 0 radical (unpaired) electrons. The van der Waals surface area contributed by atoms with Crippen LogP contribution < -0.4 is 0 Å². The van der Waals surface area contributed by atoms with E-state index in [1.165, 1.54) is 10.8 Å².